The largest absolute Gasteiger partial charge is 0.432 e. The Kier molecular flexibility index (Phi) is 5.94. The van der Waals surface area contributed by atoms with Crippen molar-refractivity contribution < 1.29 is 31.1 Å². The first-order chi connectivity index (χ1) is 11.6. The van der Waals surface area contributed by atoms with E-state index in [1.54, 1.807) is 0 Å². The van der Waals surface area contributed by atoms with Crippen molar-refractivity contribution in [1.29, 1.82) is 0 Å². The van der Waals surface area contributed by atoms with Gasteiger partial charge in [0, 0.05) is 0 Å². The van der Waals surface area contributed by atoms with E-state index < -0.39 is 46.0 Å². The second kappa shape index (κ2) is 7.61. The summed E-state index contributed by atoms with van der Waals surface area (Å²) in [4.78, 5) is 11.4. The molecule has 1 atom stereocenters. The minimum absolute atomic E-state index is 0.0711. The Balaban J connectivity index is 1.92. The van der Waals surface area contributed by atoms with E-state index in [4.69, 9.17) is 5.73 Å². The lowest BCUT2D eigenvalue weighted by atomic mass is 10.3. The van der Waals surface area contributed by atoms with Crippen LogP contribution in [-0.4, -0.2) is 44.5 Å². The zero-order valence-electron chi connectivity index (χ0n) is 13.3. The van der Waals surface area contributed by atoms with E-state index in [0.717, 1.165) is 37.1 Å². The SMILES string of the molecule is NC(=O)[C@H](CS(=O)(=O)CC1CC1)NCC(F)(F)Oc1ccc(F)cc1. The first-order valence-electron chi connectivity index (χ1n) is 7.62. The Labute approximate surface area is 143 Å². The number of amides is 1. The van der Waals surface area contributed by atoms with Crippen LogP contribution in [0.3, 0.4) is 0 Å². The van der Waals surface area contributed by atoms with Gasteiger partial charge in [-0.2, -0.15) is 8.78 Å². The number of rotatable bonds is 10. The van der Waals surface area contributed by atoms with Gasteiger partial charge in [-0.15, -0.1) is 0 Å². The summed E-state index contributed by atoms with van der Waals surface area (Å²) in [6, 6.07) is 2.50. The fourth-order valence-electron chi connectivity index (χ4n) is 2.16. The van der Waals surface area contributed by atoms with Crippen LogP contribution in [0.1, 0.15) is 12.8 Å². The van der Waals surface area contributed by atoms with Crippen LogP contribution in [0, 0.1) is 11.7 Å². The van der Waals surface area contributed by atoms with Crippen molar-refractivity contribution in [1.82, 2.24) is 5.32 Å². The highest BCUT2D eigenvalue weighted by Crippen LogP contribution is 2.30. The Morgan fingerprint density at radius 3 is 2.44 bits per heavy atom. The van der Waals surface area contributed by atoms with Gasteiger partial charge in [-0.1, -0.05) is 0 Å². The number of hydrogen-bond donors (Lipinski definition) is 2. The van der Waals surface area contributed by atoms with Crippen LogP contribution in [0.15, 0.2) is 24.3 Å². The predicted molar refractivity (Wildman–Crippen MR) is 84.3 cm³/mol. The van der Waals surface area contributed by atoms with Gasteiger partial charge in [0.15, 0.2) is 9.84 Å². The van der Waals surface area contributed by atoms with Crippen molar-refractivity contribution in [2.24, 2.45) is 11.7 Å². The molecule has 0 aromatic heterocycles. The van der Waals surface area contributed by atoms with Gasteiger partial charge in [0.2, 0.25) is 5.91 Å². The van der Waals surface area contributed by atoms with Crippen molar-refractivity contribution in [2.75, 3.05) is 18.1 Å². The maximum atomic E-state index is 13.8. The molecule has 1 amide bonds. The quantitative estimate of drug-likeness (QED) is 0.633. The summed E-state index contributed by atoms with van der Waals surface area (Å²) < 4.78 is 68.7. The molecule has 0 unspecified atom stereocenters. The van der Waals surface area contributed by atoms with Crippen molar-refractivity contribution in [2.45, 2.75) is 25.0 Å². The number of halogens is 3. The van der Waals surface area contributed by atoms with Gasteiger partial charge in [0.05, 0.1) is 11.5 Å². The van der Waals surface area contributed by atoms with Gasteiger partial charge in [-0.05, 0) is 43.0 Å². The summed E-state index contributed by atoms with van der Waals surface area (Å²) in [5, 5.41) is 2.14. The number of carbonyl (C=O) groups is 1. The Bertz CT molecular complexity index is 706. The lowest BCUT2D eigenvalue weighted by molar-refractivity contribution is -0.172. The number of sulfone groups is 1. The lowest BCUT2D eigenvalue weighted by Gasteiger charge is -2.21. The maximum absolute atomic E-state index is 13.8. The van der Waals surface area contributed by atoms with Gasteiger partial charge < -0.3 is 10.5 Å². The van der Waals surface area contributed by atoms with Crippen LogP contribution in [0.4, 0.5) is 13.2 Å². The van der Waals surface area contributed by atoms with Gasteiger partial charge in [0.25, 0.3) is 0 Å². The molecule has 25 heavy (non-hydrogen) atoms. The molecule has 1 aliphatic carbocycles. The number of hydrogen-bond acceptors (Lipinski definition) is 5. The Hall–Kier alpha value is -1.81. The minimum atomic E-state index is -3.74. The molecule has 0 heterocycles. The molecule has 0 spiro atoms. The molecule has 2 rings (SSSR count). The third kappa shape index (κ3) is 6.91. The molecule has 140 valence electrons. The van der Waals surface area contributed by atoms with Crippen LogP contribution in [0.2, 0.25) is 0 Å². The van der Waals surface area contributed by atoms with E-state index in [1.165, 1.54) is 0 Å². The van der Waals surface area contributed by atoms with Crippen LogP contribution < -0.4 is 15.8 Å². The summed E-state index contributed by atoms with van der Waals surface area (Å²) in [5.74, 6) is -2.58. The molecule has 1 aromatic rings. The fraction of sp³-hybridized carbons (Fsp3) is 0.533. The molecular formula is C15H19F3N2O4S. The second-order valence-electron chi connectivity index (χ2n) is 6.05. The summed E-state index contributed by atoms with van der Waals surface area (Å²) in [7, 11) is -3.58. The molecule has 0 bridgehead atoms. The van der Waals surface area contributed by atoms with Gasteiger partial charge in [-0.3, -0.25) is 10.1 Å². The van der Waals surface area contributed by atoms with Crippen LogP contribution in [0.25, 0.3) is 0 Å². The maximum Gasteiger partial charge on any atom is 0.410 e. The van der Waals surface area contributed by atoms with Crippen molar-refractivity contribution in [3.8, 4) is 5.75 Å². The highest BCUT2D eigenvalue weighted by molar-refractivity contribution is 7.91. The molecule has 1 fully saturated rings. The van der Waals surface area contributed by atoms with Gasteiger partial charge in [-0.25, -0.2) is 12.8 Å². The smallest absolute Gasteiger partial charge is 0.410 e. The first-order valence-corrected chi connectivity index (χ1v) is 9.44. The van der Waals surface area contributed by atoms with Gasteiger partial charge in [0.1, 0.15) is 24.2 Å². The first kappa shape index (κ1) is 19.5. The molecule has 0 radical (unpaired) electrons. The average molecular weight is 380 g/mol. The molecule has 3 N–H and O–H groups in total. The van der Waals surface area contributed by atoms with Crippen molar-refractivity contribution >= 4 is 15.7 Å². The monoisotopic (exact) mass is 380 g/mol. The Morgan fingerprint density at radius 1 is 1.32 bits per heavy atom. The number of alkyl halides is 2. The van der Waals surface area contributed by atoms with E-state index in [2.05, 4.69) is 10.1 Å². The van der Waals surface area contributed by atoms with E-state index in [9.17, 15) is 26.4 Å². The third-order valence-electron chi connectivity index (χ3n) is 3.59. The van der Waals surface area contributed by atoms with Crippen molar-refractivity contribution in [3.05, 3.63) is 30.1 Å². The molecule has 1 aliphatic rings. The molecular weight excluding hydrogens is 361 g/mol. The molecule has 10 heteroatoms. The minimum Gasteiger partial charge on any atom is -0.432 e. The standard InChI is InChI=1S/C15H19F3N2O4S/c16-11-3-5-12(6-4-11)24-15(17,18)9-20-13(14(19)21)8-25(22,23)7-10-1-2-10/h3-6,10,13,20H,1-2,7-9H2,(H2,19,21)/t13-/m0/s1. The fourth-order valence-corrected chi connectivity index (χ4v) is 4.14. The third-order valence-corrected chi connectivity index (χ3v) is 5.41. The molecule has 1 aromatic carbocycles. The molecule has 0 saturated heterocycles. The predicted octanol–water partition coefficient (Wildman–Crippen LogP) is 1.07. The summed E-state index contributed by atoms with van der Waals surface area (Å²) in [6.07, 6.45) is -2.14. The Morgan fingerprint density at radius 2 is 1.92 bits per heavy atom. The van der Waals surface area contributed by atoms with E-state index in [0.29, 0.717) is 0 Å². The summed E-state index contributed by atoms with van der Waals surface area (Å²) >= 11 is 0. The van der Waals surface area contributed by atoms with Crippen LogP contribution in [-0.2, 0) is 14.6 Å². The number of carbonyl (C=O) groups excluding carboxylic acids is 1. The zero-order valence-corrected chi connectivity index (χ0v) is 14.1. The normalized spacial score (nSPS) is 16.4. The summed E-state index contributed by atoms with van der Waals surface area (Å²) in [6.45, 7) is -1.13. The number of benzene rings is 1. The van der Waals surface area contributed by atoms with E-state index >= 15 is 0 Å². The number of nitrogens with one attached hydrogen (secondary N) is 1. The van der Waals surface area contributed by atoms with Crippen LogP contribution in [0.5, 0.6) is 5.75 Å². The topological polar surface area (TPSA) is 98.5 Å². The lowest BCUT2D eigenvalue weighted by Crippen LogP contribution is -2.51. The second-order valence-corrected chi connectivity index (χ2v) is 8.20. The number of primary amides is 1. The highest BCUT2D eigenvalue weighted by atomic mass is 32.2. The van der Waals surface area contributed by atoms with E-state index in [1.807, 2.05) is 0 Å². The number of ether oxygens (including phenoxy) is 1. The summed E-state index contributed by atoms with van der Waals surface area (Å²) in [5.41, 5.74) is 5.10. The highest BCUT2D eigenvalue weighted by Gasteiger charge is 2.36. The van der Waals surface area contributed by atoms with Gasteiger partial charge >= 0.3 is 6.11 Å². The molecule has 1 saturated carbocycles. The average Bonchev–Trinajstić information content (AvgIpc) is 3.28. The van der Waals surface area contributed by atoms with E-state index in [-0.39, 0.29) is 17.4 Å². The zero-order chi connectivity index (χ0) is 18.7. The molecule has 0 aliphatic heterocycles. The molecule has 6 nitrogen and oxygen atoms in total. The van der Waals surface area contributed by atoms with Crippen molar-refractivity contribution in [3.63, 3.8) is 0 Å². The number of nitrogens with two attached hydrogens (primary N) is 1. The van der Waals surface area contributed by atoms with Crippen LogP contribution >= 0.6 is 0 Å².